The average molecular weight is 298 g/mol. The van der Waals surface area contributed by atoms with Crippen LogP contribution in [0, 0.1) is 5.41 Å². The first-order chi connectivity index (χ1) is 10.5. The van der Waals surface area contributed by atoms with Gasteiger partial charge in [0.2, 0.25) is 0 Å². The molecule has 2 rings (SSSR count). The maximum Gasteiger partial charge on any atom is 0.311 e. The summed E-state index contributed by atoms with van der Waals surface area (Å²) in [5.41, 5.74) is 1.70. The first-order valence-electron chi connectivity index (χ1n) is 7.35. The van der Waals surface area contributed by atoms with Crippen LogP contribution in [0.15, 0.2) is 54.6 Å². The lowest BCUT2D eigenvalue weighted by molar-refractivity contribution is -0.150. The minimum absolute atomic E-state index is 0.197. The lowest BCUT2D eigenvalue weighted by atomic mass is 9.86. The Labute approximate surface area is 131 Å². The van der Waals surface area contributed by atoms with E-state index in [0.29, 0.717) is 13.0 Å². The summed E-state index contributed by atoms with van der Waals surface area (Å²) in [6.45, 7) is 4.32. The summed E-state index contributed by atoms with van der Waals surface area (Å²) in [7, 11) is 1.42. The van der Waals surface area contributed by atoms with Crippen LogP contribution in [-0.2, 0) is 22.6 Å². The number of ether oxygens (including phenoxy) is 2. The van der Waals surface area contributed by atoms with Crippen LogP contribution in [0.1, 0.15) is 25.0 Å². The summed E-state index contributed by atoms with van der Waals surface area (Å²) in [6.07, 6.45) is 0.638. The van der Waals surface area contributed by atoms with Crippen LogP contribution in [0.5, 0.6) is 5.75 Å². The molecule has 0 spiro atoms. The topological polar surface area (TPSA) is 35.5 Å². The summed E-state index contributed by atoms with van der Waals surface area (Å²) < 4.78 is 10.6. The SMILES string of the molecule is COC(=O)C(C)(C)Cc1ccc(OCc2ccccc2)cc1. The van der Waals surface area contributed by atoms with E-state index in [-0.39, 0.29) is 5.97 Å². The molecule has 0 aromatic heterocycles. The molecular formula is C19H22O3. The predicted molar refractivity (Wildman–Crippen MR) is 86.7 cm³/mol. The average Bonchev–Trinajstić information content (AvgIpc) is 2.54. The molecule has 2 aromatic rings. The molecule has 0 radical (unpaired) electrons. The highest BCUT2D eigenvalue weighted by Gasteiger charge is 2.28. The van der Waals surface area contributed by atoms with Gasteiger partial charge >= 0.3 is 5.97 Å². The predicted octanol–water partition coefficient (Wildman–Crippen LogP) is 4.01. The molecule has 0 fully saturated rings. The Hall–Kier alpha value is -2.29. The second kappa shape index (κ2) is 7.12. The third-order valence-electron chi connectivity index (χ3n) is 3.56. The third kappa shape index (κ3) is 4.35. The molecule has 116 valence electrons. The zero-order valence-corrected chi connectivity index (χ0v) is 13.3. The second-order valence-corrected chi connectivity index (χ2v) is 5.97. The Kier molecular flexibility index (Phi) is 5.21. The number of carbonyl (C=O) groups is 1. The Morgan fingerprint density at radius 3 is 2.18 bits per heavy atom. The van der Waals surface area contributed by atoms with Gasteiger partial charge in [-0.2, -0.15) is 0 Å². The Morgan fingerprint density at radius 1 is 0.955 bits per heavy atom. The molecule has 0 atom stereocenters. The highest BCUT2D eigenvalue weighted by Crippen LogP contribution is 2.24. The van der Waals surface area contributed by atoms with Gasteiger partial charge in [-0.05, 0) is 43.5 Å². The monoisotopic (exact) mass is 298 g/mol. The van der Waals surface area contributed by atoms with Gasteiger partial charge < -0.3 is 9.47 Å². The van der Waals surface area contributed by atoms with E-state index >= 15 is 0 Å². The van der Waals surface area contributed by atoms with Crippen LogP contribution in [0.25, 0.3) is 0 Å². The number of benzene rings is 2. The van der Waals surface area contributed by atoms with Gasteiger partial charge in [0, 0.05) is 0 Å². The second-order valence-electron chi connectivity index (χ2n) is 5.97. The largest absolute Gasteiger partial charge is 0.489 e. The van der Waals surface area contributed by atoms with Crippen molar-refractivity contribution in [2.45, 2.75) is 26.9 Å². The molecule has 0 bridgehead atoms. The van der Waals surface area contributed by atoms with E-state index in [1.54, 1.807) is 0 Å². The summed E-state index contributed by atoms with van der Waals surface area (Å²) >= 11 is 0. The van der Waals surface area contributed by atoms with E-state index in [1.165, 1.54) is 7.11 Å². The van der Waals surface area contributed by atoms with Crippen molar-refractivity contribution in [3.63, 3.8) is 0 Å². The molecule has 0 saturated carbocycles. The molecule has 0 heterocycles. The number of hydrogen-bond donors (Lipinski definition) is 0. The van der Waals surface area contributed by atoms with Crippen LogP contribution in [-0.4, -0.2) is 13.1 Å². The lowest BCUT2D eigenvalue weighted by Gasteiger charge is -2.21. The van der Waals surface area contributed by atoms with Gasteiger partial charge in [-0.1, -0.05) is 42.5 Å². The van der Waals surface area contributed by atoms with Gasteiger partial charge in [-0.25, -0.2) is 0 Å². The van der Waals surface area contributed by atoms with E-state index in [2.05, 4.69) is 0 Å². The van der Waals surface area contributed by atoms with Crippen LogP contribution in [0.4, 0.5) is 0 Å². The maximum absolute atomic E-state index is 11.7. The molecule has 3 nitrogen and oxygen atoms in total. The van der Waals surface area contributed by atoms with Crippen molar-refractivity contribution in [2.24, 2.45) is 5.41 Å². The number of methoxy groups -OCH3 is 1. The summed E-state index contributed by atoms with van der Waals surface area (Å²) in [4.78, 5) is 11.7. The molecule has 0 amide bonds. The highest BCUT2D eigenvalue weighted by molar-refractivity contribution is 5.76. The zero-order chi connectivity index (χ0) is 16.0. The third-order valence-corrected chi connectivity index (χ3v) is 3.56. The van der Waals surface area contributed by atoms with E-state index in [9.17, 15) is 4.79 Å². The first kappa shape index (κ1) is 16.1. The van der Waals surface area contributed by atoms with Gasteiger partial charge in [0.05, 0.1) is 12.5 Å². The summed E-state index contributed by atoms with van der Waals surface area (Å²) in [5, 5.41) is 0. The zero-order valence-electron chi connectivity index (χ0n) is 13.3. The summed E-state index contributed by atoms with van der Waals surface area (Å²) in [5.74, 6) is 0.625. The molecule has 0 aliphatic rings. The minimum atomic E-state index is -0.527. The molecule has 0 N–H and O–H groups in total. The Morgan fingerprint density at radius 2 is 1.59 bits per heavy atom. The Bertz CT molecular complexity index is 600. The number of hydrogen-bond acceptors (Lipinski definition) is 3. The molecule has 3 heteroatoms. The summed E-state index contributed by atoms with van der Waals surface area (Å²) in [6, 6.07) is 17.9. The van der Waals surface area contributed by atoms with E-state index in [1.807, 2.05) is 68.4 Å². The van der Waals surface area contributed by atoms with Crippen LogP contribution >= 0.6 is 0 Å². The van der Waals surface area contributed by atoms with Crippen molar-refractivity contribution in [1.29, 1.82) is 0 Å². The molecule has 0 unspecified atom stereocenters. The van der Waals surface area contributed by atoms with Crippen LogP contribution in [0.2, 0.25) is 0 Å². The standard InChI is InChI=1S/C19H22O3/c1-19(2,18(20)21-3)13-15-9-11-17(12-10-15)22-14-16-7-5-4-6-8-16/h4-12H,13-14H2,1-3H3. The molecule has 2 aromatic carbocycles. The van der Waals surface area contributed by atoms with Gasteiger partial charge in [0.15, 0.2) is 0 Å². The van der Waals surface area contributed by atoms with Crippen molar-refractivity contribution in [1.82, 2.24) is 0 Å². The molecule has 0 aliphatic heterocycles. The van der Waals surface area contributed by atoms with Gasteiger partial charge in [-0.15, -0.1) is 0 Å². The van der Waals surface area contributed by atoms with E-state index in [4.69, 9.17) is 9.47 Å². The quantitative estimate of drug-likeness (QED) is 0.756. The highest BCUT2D eigenvalue weighted by atomic mass is 16.5. The van der Waals surface area contributed by atoms with Gasteiger partial charge in [0.25, 0.3) is 0 Å². The maximum atomic E-state index is 11.7. The van der Waals surface area contributed by atoms with Crippen molar-refractivity contribution in [3.05, 3.63) is 65.7 Å². The number of carbonyl (C=O) groups excluding carboxylic acids is 1. The fourth-order valence-electron chi connectivity index (χ4n) is 2.30. The number of esters is 1. The number of rotatable bonds is 6. The molecule has 0 saturated heterocycles. The Balaban J connectivity index is 1.94. The van der Waals surface area contributed by atoms with Crippen LogP contribution in [0.3, 0.4) is 0 Å². The molecule has 0 aliphatic carbocycles. The fraction of sp³-hybridized carbons (Fsp3) is 0.316. The molecule has 22 heavy (non-hydrogen) atoms. The van der Waals surface area contributed by atoms with Crippen molar-refractivity contribution in [3.8, 4) is 5.75 Å². The first-order valence-corrected chi connectivity index (χ1v) is 7.35. The molecular weight excluding hydrogens is 276 g/mol. The van der Waals surface area contributed by atoms with Gasteiger partial charge in [0.1, 0.15) is 12.4 Å². The fourth-order valence-corrected chi connectivity index (χ4v) is 2.30. The van der Waals surface area contributed by atoms with E-state index in [0.717, 1.165) is 16.9 Å². The normalized spacial score (nSPS) is 11.0. The minimum Gasteiger partial charge on any atom is -0.489 e. The van der Waals surface area contributed by atoms with Crippen molar-refractivity contribution >= 4 is 5.97 Å². The smallest absolute Gasteiger partial charge is 0.311 e. The van der Waals surface area contributed by atoms with Gasteiger partial charge in [-0.3, -0.25) is 4.79 Å². The van der Waals surface area contributed by atoms with Crippen molar-refractivity contribution in [2.75, 3.05) is 7.11 Å². The van der Waals surface area contributed by atoms with Crippen molar-refractivity contribution < 1.29 is 14.3 Å². The van der Waals surface area contributed by atoms with Crippen LogP contribution < -0.4 is 4.74 Å². The lowest BCUT2D eigenvalue weighted by Crippen LogP contribution is -2.27. The van der Waals surface area contributed by atoms with E-state index < -0.39 is 5.41 Å².